The molecule has 3 atom stereocenters. The molecular formula is C12H23ClN2O. The Morgan fingerprint density at radius 1 is 1.19 bits per heavy atom. The molecule has 1 aliphatic carbocycles. The number of halogens is 1. The maximum Gasteiger partial charge on any atom is 0.237 e. The fourth-order valence-electron chi connectivity index (χ4n) is 2.72. The Hall–Kier alpha value is -0.280. The van der Waals surface area contributed by atoms with E-state index in [1.165, 1.54) is 32.1 Å². The van der Waals surface area contributed by atoms with Crippen LogP contribution in [0, 0.1) is 5.92 Å². The molecule has 1 saturated heterocycles. The van der Waals surface area contributed by atoms with Crippen LogP contribution in [0.5, 0.6) is 0 Å². The molecule has 0 aromatic rings. The lowest BCUT2D eigenvalue weighted by Crippen LogP contribution is -2.50. The van der Waals surface area contributed by atoms with Gasteiger partial charge in [0.15, 0.2) is 0 Å². The number of rotatable bonds is 2. The zero-order chi connectivity index (χ0) is 10.7. The highest BCUT2D eigenvalue weighted by atomic mass is 35.5. The Kier molecular flexibility index (Phi) is 5.56. The largest absolute Gasteiger partial charge is 0.352 e. The second-order valence-corrected chi connectivity index (χ2v) is 5.03. The summed E-state index contributed by atoms with van der Waals surface area (Å²) in [7, 11) is 0. The molecule has 0 radical (unpaired) electrons. The third kappa shape index (κ3) is 3.36. The van der Waals surface area contributed by atoms with E-state index in [0.29, 0.717) is 12.0 Å². The van der Waals surface area contributed by atoms with Crippen molar-refractivity contribution in [2.24, 2.45) is 5.92 Å². The van der Waals surface area contributed by atoms with E-state index in [9.17, 15) is 4.79 Å². The maximum atomic E-state index is 11.9. The van der Waals surface area contributed by atoms with E-state index in [4.69, 9.17) is 0 Å². The molecule has 2 unspecified atom stereocenters. The molecule has 94 valence electrons. The number of carbonyl (C=O) groups excluding carboxylic acids is 1. The molecule has 2 rings (SSSR count). The molecule has 1 saturated carbocycles. The summed E-state index contributed by atoms with van der Waals surface area (Å²) < 4.78 is 0. The van der Waals surface area contributed by atoms with Crippen molar-refractivity contribution in [2.45, 2.75) is 57.5 Å². The molecule has 0 aromatic carbocycles. The molecule has 1 aliphatic heterocycles. The topological polar surface area (TPSA) is 41.1 Å². The average molecular weight is 247 g/mol. The van der Waals surface area contributed by atoms with Crippen molar-refractivity contribution in [1.82, 2.24) is 10.6 Å². The first-order valence-corrected chi connectivity index (χ1v) is 6.31. The fourth-order valence-corrected chi connectivity index (χ4v) is 2.72. The van der Waals surface area contributed by atoms with Gasteiger partial charge >= 0.3 is 0 Å². The monoisotopic (exact) mass is 246 g/mol. The number of amides is 1. The summed E-state index contributed by atoms with van der Waals surface area (Å²) in [5.74, 6) is 0.894. The van der Waals surface area contributed by atoms with E-state index < -0.39 is 0 Å². The average Bonchev–Trinajstić information content (AvgIpc) is 2.66. The van der Waals surface area contributed by atoms with Crippen LogP contribution in [0.1, 0.15) is 45.4 Å². The van der Waals surface area contributed by atoms with Gasteiger partial charge in [0.25, 0.3) is 0 Å². The van der Waals surface area contributed by atoms with Crippen LogP contribution in [0.2, 0.25) is 0 Å². The summed E-state index contributed by atoms with van der Waals surface area (Å²) in [6.07, 6.45) is 7.11. The van der Waals surface area contributed by atoms with Gasteiger partial charge in [-0.3, -0.25) is 4.79 Å². The Labute approximate surface area is 104 Å². The predicted octanol–water partition coefficient (Wildman–Crippen LogP) is 1.86. The number of nitrogens with one attached hydrogen (secondary N) is 2. The van der Waals surface area contributed by atoms with Crippen molar-refractivity contribution < 1.29 is 4.79 Å². The molecule has 0 spiro atoms. The van der Waals surface area contributed by atoms with E-state index in [1.807, 2.05) is 0 Å². The number of carbonyl (C=O) groups is 1. The lowest BCUT2D eigenvalue weighted by Gasteiger charge is -2.25. The first-order valence-electron chi connectivity index (χ1n) is 6.31. The standard InChI is InChI=1S/C12H22N2O.ClH/c1-9-5-4-7-10(9)14-12(15)11-6-2-3-8-13-11;/h9-11,13H,2-8H2,1H3,(H,14,15);1H/t9?,10?,11-;/m1./s1. The van der Waals surface area contributed by atoms with Crippen LogP contribution in [0.4, 0.5) is 0 Å². The summed E-state index contributed by atoms with van der Waals surface area (Å²) in [5.41, 5.74) is 0. The van der Waals surface area contributed by atoms with Crippen LogP contribution < -0.4 is 10.6 Å². The zero-order valence-electron chi connectivity index (χ0n) is 10.00. The summed E-state index contributed by atoms with van der Waals surface area (Å²) >= 11 is 0. The van der Waals surface area contributed by atoms with Crippen LogP contribution >= 0.6 is 12.4 Å². The summed E-state index contributed by atoms with van der Waals surface area (Å²) in [6, 6.07) is 0.507. The van der Waals surface area contributed by atoms with E-state index in [2.05, 4.69) is 17.6 Å². The Balaban J connectivity index is 0.00000128. The second kappa shape index (κ2) is 6.45. The third-order valence-corrected chi connectivity index (χ3v) is 3.82. The number of hydrogen-bond acceptors (Lipinski definition) is 2. The molecule has 2 N–H and O–H groups in total. The normalized spacial score (nSPS) is 34.2. The van der Waals surface area contributed by atoms with Gasteiger partial charge in [0.1, 0.15) is 0 Å². The smallest absolute Gasteiger partial charge is 0.237 e. The summed E-state index contributed by atoms with van der Waals surface area (Å²) in [5, 5.41) is 6.49. The molecule has 1 amide bonds. The van der Waals surface area contributed by atoms with Crippen LogP contribution in [-0.4, -0.2) is 24.5 Å². The van der Waals surface area contributed by atoms with Gasteiger partial charge in [0.05, 0.1) is 6.04 Å². The lowest BCUT2D eigenvalue weighted by molar-refractivity contribution is -0.124. The van der Waals surface area contributed by atoms with E-state index in [0.717, 1.165) is 13.0 Å². The van der Waals surface area contributed by atoms with Gasteiger partial charge in [-0.15, -0.1) is 12.4 Å². The van der Waals surface area contributed by atoms with Crippen molar-refractivity contribution in [3.05, 3.63) is 0 Å². The Morgan fingerprint density at radius 3 is 2.56 bits per heavy atom. The van der Waals surface area contributed by atoms with Gasteiger partial charge in [-0.05, 0) is 38.1 Å². The highest BCUT2D eigenvalue weighted by Gasteiger charge is 2.28. The van der Waals surface area contributed by atoms with E-state index >= 15 is 0 Å². The molecule has 1 heterocycles. The van der Waals surface area contributed by atoms with E-state index in [-0.39, 0.29) is 24.4 Å². The molecule has 16 heavy (non-hydrogen) atoms. The van der Waals surface area contributed by atoms with Crippen molar-refractivity contribution in [2.75, 3.05) is 6.54 Å². The number of hydrogen-bond donors (Lipinski definition) is 2. The first-order chi connectivity index (χ1) is 7.27. The minimum absolute atomic E-state index is 0. The van der Waals surface area contributed by atoms with Gasteiger partial charge in [0.2, 0.25) is 5.91 Å². The molecule has 2 aliphatic rings. The van der Waals surface area contributed by atoms with Gasteiger partial charge < -0.3 is 10.6 Å². The highest BCUT2D eigenvalue weighted by Crippen LogP contribution is 2.25. The molecular weight excluding hydrogens is 224 g/mol. The highest BCUT2D eigenvalue weighted by molar-refractivity contribution is 5.85. The van der Waals surface area contributed by atoms with Crippen LogP contribution in [0.15, 0.2) is 0 Å². The SMILES string of the molecule is CC1CCCC1NC(=O)[C@H]1CCCCN1.Cl. The fraction of sp³-hybridized carbons (Fsp3) is 0.917. The molecule has 2 fully saturated rings. The predicted molar refractivity (Wildman–Crippen MR) is 67.8 cm³/mol. The minimum Gasteiger partial charge on any atom is -0.352 e. The summed E-state index contributed by atoms with van der Waals surface area (Å²) in [6.45, 7) is 3.24. The van der Waals surface area contributed by atoms with Crippen molar-refractivity contribution >= 4 is 18.3 Å². The zero-order valence-corrected chi connectivity index (χ0v) is 10.8. The van der Waals surface area contributed by atoms with Crippen LogP contribution in [0.3, 0.4) is 0 Å². The van der Waals surface area contributed by atoms with Gasteiger partial charge in [0, 0.05) is 6.04 Å². The first kappa shape index (κ1) is 13.8. The molecule has 3 nitrogen and oxygen atoms in total. The molecule has 4 heteroatoms. The minimum atomic E-state index is 0. The Morgan fingerprint density at radius 2 is 2.00 bits per heavy atom. The second-order valence-electron chi connectivity index (χ2n) is 5.03. The molecule has 0 bridgehead atoms. The van der Waals surface area contributed by atoms with Crippen LogP contribution in [0.25, 0.3) is 0 Å². The van der Waals surface area contributed by atoms with Gasteiger partial charge in [-0.25, -0.2) is 0 Å². The Bertz CT molecular complexity index is 229. The van der Waals surface area contributed by atoms with Gasteiger partial charge in [-0.1, -0.05) is 19.8 Å². The van der Waals surface area contributed by atoms with Gasteiger partial charge in [-0.2, -0.15) is 0 Å². The lowest BCUT2D eigenvalue weighted by atomic mass is 10.0. The van der Waals surface area contributed by atoms with E-state index in [1.54, 1.807) is 0 Å². The van der Waals surface area contributed by atoms with Crippen LogP contribution in [-0.2, 0) is 4.79 Å². The third-order valence-electron chi connectivity index (χ3n) is 3.82. The quantitative estimate of drug-likeness (QED) is 0.781. The van der Waals surface area contributed by atoms with Crippen molar-refractivity contribution in [3.8, 4) is 0 Å². The molecule has 0 aromatic heterocycles. The van der Waals surface area contributed by atoms with Crippen molar-refractivity contribution in [3.63, 3.8) is 0 Å². The summed E-state index contributed by atoms with van der Waals surface area (Å²) in [4.78, 5) is 11.9. The maximum absolute atomic E-state index is 11.9. The number of piperidine rings is 1. The van der Waals surface area contributed by atoms with Crippen molar-refractivity contribution in [1.29, 1.82) is 0 Å².